The number of benzene rings is 1. The number of nitrogens with zero attached hydrogens (tertiary/aromatic N) is 7. The maximum Gasteiger partial charge on any atom is 0.329 e. The molecule has 34 heteroatoms. The van der Waals surface area contributed by atoms with E-state index in [0.717, 1.165) is 39.7 Å². The quantitative estimate of drug-likeness (QED) is 0.0122. The van der Waals surface area contributed by atoms with Crippen molar-refractivity contribution >= 4 is 69.0 Å². The van der Waals surface area contributed by atoms with E-state index in [-0.39, 0.29) is 67.5 Å². The second kappa shape index (κ2) is 55.5. The number of fused-ring (bicyclic) bond motifs is 6. The largest absolute Gasteiger partial charge is 0.460 e. The summed E-state index contributed by atoms with van der Waals surface area (Å²) in [5, 5.41) is 30.4. The van der Waals surface area contributed by atoms with E-state index in [1.54, 1.807) is 54.2 Å². The molecule has 1 aliphatic carbocycles. The lowest BCUT2D eigenvalue weighted by molar-refractivity contribution is -0.265. The van der Waals surface area contributed by atoms with Crippen LogP contribution in [0, 0.1) is 35.5 Å². The van der Waals surface area contributed by atoms with Crippen molar-refractivity contribution in [1.29, 1.82) is 0 Å². The van der Waals surface area contributed by atoms with Gasteiger partial charge in [-0.15, -0.1) is 0 Å². The van der Waals surface area contributed by atoms with E-state index in [9.17, 15) is 43.8 Å². The number of rotatable bonds is 44. The van der Waals surface area contributed by atoms with Gasteiger partial charge in [-0.3, -0.25) is 28.8 Å². The van der Waals surface area contributed by atoms with Crippen molar-refractivity contribution in [1.82, 2.24) is 39.5 Å². The first-order valence-corrected chi connectivity index (χ1v) is 47.1. The van der Waals surface area contributed by atoms with Crippen LogP contribution in [0.2, 0.25) is 0 Å². The van der Waals surface area contributed by atoms with Gasteiger partial charge in [-0.2, -0.15) is 5.10 Å². The Morgan fingerprint density at radius 3 is 1.97 bits per heavy atom. The zero-order chi connectivity index (χ0) is 94.3. The third-order valence-corrected chi connectivity index (χ3v) is 25.4. The fourth-order valence-corrected chi connectivity index (χ4v) is 17.7. The van der Waals surface area contributed by atoms with Crippen LogP contribution >= 0.6 is 0 Å². The number of hydrogen-bond donors (Lipinski definition) is 4. The van der Waals surface area contributed by atoms with Gasteiger partial charge < -0.3 is 107 Å². The highest BCUT2D eigenvalue weighted by Crippen LogP contribution is 2.40. The molecule has 1 saturated carbocycles. The Hall–Kier alpha value is -8.53. The number of aliphatic hydroxyl groups excluding tert-OH is 1. The van der Waals surface area contributed by atoms with Crippen LogP contribution in [0.4, 0.5) is 5.82 Å². The summed E-state index contributed by atoms with van der Waals surface area (Å²) < 4.78 is 94.3. The molecular formula is C98H143N9O25. The maximum atomic E-state index is 14.8. The Bertz CT molecular complexity index is 4570. The van der Waals surface area contributed by atoms with Crippen LogP contribution in [-0.4, -0.2) is 312 Å². The van der Waals surface area contributed by atoms with Crippen LogP contribution in [-0.2, 0) is 129 Å². The number of methoxy groups -OCH3 is 3. The molecule has 0 spiro atoms. The average molecular weight is 1850 g/mol. The first-order chi connectivity index (χ1) is 63.9. The number of allylic oxidation sites excluding steroid dienone is 6. The monoisotopic (exact) mass is 1850 g/mol. The van der Waals surface area contributed by atoms with Crippen LogP contribution in [0.5, 0.6) is 0 Å². The summed E-state index contributed by atoms with van der Waals surface area (Å²) in [6.45, 7) is 22.2. The molecule has 10 rings (SSSR count). The number of cyclic esters (lactones) is 1. The number of ketones is 3. The van der Waals surface area contributed by atoms with Gasteiger partial charge in [-0.05, 0) is 149 Å². The van der Waals surface area contributed by atoms with E-state index in [1.807, 2.05) is 79.1 Å². The van der Waals surface area contributed by atoms with Crippen LogP contribution in [0.25, 0.3) is 33.3 Å². The summed E-state index contributed by atoms with van der Waals surface area (Å²) in [4.78, 5) is 118. The first-order valence-electron chi connectivity index (χ1n) is 47.1. The molecule has 4 aliphatic heterocycles. The van der Waals surface area contributed by atoms with E-state index < -0.39 is 95.9 Å². The van der Waals surface area contributed by atoms with Gasteiger partial charge in [0.25, 0.3) is 11.7 Å². The van der Waals surface area contributed by atoms with Gasteiger partial charge in [0.1, 0.15) is 59.7 Å². The highest BCUT2D eigenvalue weighted by molar-refractivity contribution is 6.39. The van der Waals surface area contributed by atoms with Crippen LogP contribution in [0.1, 0.15) is 161 Å². The molecule has 5 aliphatic rings. The standard InChI is InChI=1S/C98H143N9O25/c1-65-17-12-11-13-18-66(2)82(117-8)59-78-25-21-71(7)98(116,132-78)92(113)96(114)106-31-15-14-19-79(106)97(115)131-83(60-80(108)67(3)54-70(6)90(112)91(119-10)89(111)69(5)53-65)68(4)55-72-23-26-81(84(57-72)118-9)130-86(110)20-16-33-120-35-37-122-39-41-124-43-45-126-47-49-128-51-52-129-50-48-127-46-44-125-42-40-123-38-36-121-34-29-85(109)105-32-28-74-56-73(22-24-76(74)63-105)62-107-95-87(93(99)102-64-103-95)88(104-107)77-58-75-27-30-100-94(75)101-61-77/h11-13,17-18,22,24,27,30,54,56,58,61,64-65,67-69,71-72,78-79,81-84,90-91,112,116H,14-16,19-21,23,25-26,28-29,31-53,55,57,59-60,62-63H2,1-10H3,(H,100,101)(H2,99,102,103)/b13-11+,17-12+,66-18+,70-54+/t65-,67-,68-,69-,71-,72+,78+,79+,81-,82+,83+,84-,90-,91+,98-/m1/s1. The molecule has 5 N–H and O–H groups in total. The first kappa shape index (κ1) is 106. The maximum absolute atomic E-state index is 14.8. The number of carbonyl (C=O) groups is 7. The number of amides is 2. The van der Waals surface area contributed by atoms with E-state index >= 15 is 0 Å². The number of aromatic nitrogens is 6. The minimum atomic E-state index is -2.48. The van der Waals surface area contributed by atoms with E-state index in [2.05, 4.69) is 38.1 Å². The second-order valence-corrected chi connectivity index (χ2v) is 35.3. The Morgan fingerprint density at radius 2 is 1.33 bits per heavy atom. The van der Waals surface area contributed by atoms with Crippen molar-refractivity contribution in [3.63, 3.8) is 0 Å². The minimum Gasteiger partial charge on any atom is -0.460 e. The van der Waals surface area contributed by atoms with Crippen LogP contribution < -0.4 is 5.73 Å². The summed E-state index contributed by atoms with van der Waals surface area (Å²) >= 11 is 0. The third-order valence-electron chi connectivity index (χ3n) is 25.4. The lowest BCUT2D eigenvalue weighted by Gasteiger charge is -2.42. The molecule has 1 aromatic carbocycles. The number of nitrogens with two attached hydrogens (primary N) is 1. The number of nitrogens with one attached hydrogen (secondary N) is 1. The van der Waals surface area contributed by atoms with Crippen molar-refractivity contribution in [3.05, 3.63) is 113 Å². The normalized spacial score (nSPS) is 26.5. The molecule has 132 heavy (non-hydrogen) atoms. The lowest BCUT2D eigenvalue weighted by Crippen LogP contribution is -2.61. The number of carbonyl (C=O) groups excluding carboxylic acids is 7. The van der Waals surface area contributed by atoms with Crippen molar-refractivity contribution < 1.29 is 120 Å². The highest BCUT2D eigenvalue weighted by atomic mass is 16.6. The molecule has 34 nitrogen and oxygen atoms in total. The molecule has 0 radical (unpaired) electrons. The molecule has 730 valence electrons. The molecule has 15 atom stereocenters. The Balaban J connectivity index is 0.523. The number of pyridine rings is 1. The van der Waals surface area contributed by atoms with Gasteiger partial charge in [0.2, 0.25) is 11.7 Å². The van der Waals surface area contributed by atoms with Gasteiger partial charge in [-0.25, -0.2) is 24.4 Å². The van der Waals surface area contributed by atoms with Gasteiger partial charge in [0.05, 0.1) is 162 Å². The number of aliphatic hydroxyl groups is 2. The molecule has 2 bridgehead atoms. The van der Waals surface area contributed by atoms with E-state index in [0.29, 0.717) is 251 Å². The smallest absolute Gasteiger partial charge is 0.329 e. The number of piperidine rings is 1. The number of hydrogen-bond acceptors (Lipinski definition) is 30. The molecule has 8 heterocycles. The molecular weight excluding hydrogens is 1700 g/mol. The number of esters is 2. The van der Waals surface area contributed by atoms with Crippen LogP contribution in [0.15, 0.2) is 96.7 Å². The fourth-order valence-electron chi connectivity index (χ4n) is 17.7. The predicted molar refractivity (Wildman–Crippen MR) is 491 cm³/mol. The zero-order valence-corrected chi connectivity index (χ0v) is 78.9. The number of H-pyrrole nitrogens is 1. The second-order valence-electron chi connectivity index (χ2n) is 35.3. The number of nitrogen functional groups attached to an aromatic ring is 1. The zero-order valence-electron chi connectivity index (χ0n) is 78.9. The molecule has 2 amide bonds. The number of ether oxygens (including phenoxy) is 16. The topological polar surface area (TPSA) is 412 Å². The predicted octanol–water partition coefficient (Wildman–Crippen LogP) is 9.97. The van der Waals surface area contributed by atoms with Crippen molar-refractivity contribution in [2.75, 3.05) is 172 Å². The molecule has 4 aromatic heterocycles. The third kappa shape index (κ3) is 32.1. The lowest BCUT2D eigenvalue weighted by atomic mass is 9.78. The average Bonchev–Trinajstić information content (AvgIpc) is 1.63. The Labute approximate surface area is 775 Å². The van der Waals surface area contributed by atoms with Gasteiger partial charge in [0.15, 0.2) is 11.4 Å². The van der Waals surface area contributed by atoms with Crippen LogP contribution in [0.3, 0.4) is 0 Å². The van der Waals surface area contributed by atoms with Crippen molar-refractivity contribution in [3.8, 4) is 11.3 Å². The van der Waals surface area contributed by atoms with Gasteiger partial charge in [0, 0.05) is 108 Å². The summed E-state index contributed by atoms with van der Waals surface area (Å²) in [6, 6.07) is 9.15. The van der Waals surface area contributed by atoms with E-state index in [1.165, 1.54) is 23.9 Å². The summed E-state index contributed by atoms with van der Waals surface area (Å²) in [5.41, 5.74) is 13.9. The summed E-state index contributed by atoms with van der Waals surface area (Å²) in [7, 11) is 4.51. The summed E-state index contributed by atoms with van der Waals surface area (Å²) in [5.74, 6) is -8.54. The number of aromatic amines is 1. The SMILES string of the molecule is CO[C@H]1C[C@@H]2CC[C@@H](C)[C@@](O)(O2)C(=O)C(=O)N2CCCC[C@H]2C(=O)O[C@H]([C@H](C)C[C@@H]2CC[C@@H](OC(=O)CCCOCCOCCOCCOCCOCCOCCOCCOCCOCCOCCC(=O)N3CCc4cc(Cn5nc(-c6cnc7[nH]ccc7c6)c6c(N)ncnc65)ccc4C3)[C@H](OC)C2)CC(=O)[C@H](C)/C=C(\C)[C@@H](O)[C@@H](OC)C(=O)[C@H](C)C[C@H](C)/C=C/C=C/C=C/1C. The highest BCUT2D eigenvalue weighted by Gasteiger charge is 2.53. The van der Waals surface area contributed by atoms with Gasteiger partial charge in [-0.1, -0.05) is 89.3 Å². The van der Waals surface area contributed by atoms with Crippen molar-refractivity contribution in [2.45, 2.75) is 219 Å². The Morgan fingerprint density at radius 1 is 0.674 bits per heavy atom. The molecule has 3 fully saturated rings. The fraction of sp³-hybridized carbons (Fsp3) is 0.663. The van der Waals surface area contributed by atoms with E-state index in [4.69, 9.17) is 86.6 Å². The van der Waals surface area contributed by atoms with Crippen molar-refractivity contribution in [2.24, 2.45) is 35.5 Å². The molecule has 2 saturated heterocycles. The summed E-state index contributed by atoms with van der Waals surface area (Å²) in [6.07, 6.45) is 16.9. The minimum absolute atomic E-state index is 0.00327. The number of Topliss-reactive ketones (excluding diaryl/α,β-unsaturated/α-hetero) is 3. The number of anilines is 1. The molecule has 5 aromatic rings. The Kier molecular flexibility index (Phi) is 44.4. The van der Waals surface area contributed by atoms with Gasteiger partial charge >= 0.3 is 11.9 Å². The molecule has 0 unspecified atom stereocenters.